The summed E-state index contributed by atoms with van der Waals surface area (Å²) in [7, 11) is 1.60. The van der Waals surface area contributed by atoms with Crippen LogP contribution in [-0.4, -0.2) is 73.1 Å². The van der Waals surface area contributed by atoms with Gasteiger partial charge < -0.3 is 24.8 Å². The van der Waals surface area contributed by atoms with E-state index in [2.05, 4.69) is 15.6 Å². The topological polar surface area (TPSA) is 136 Å². The molecule has 1 aliphatic heterocycles. The molecule has 1 aromatic heterocycles. The van der Waals surface area contributed by atoms with Crippen LogP contribution in [0.2, 0.25) is 0 Å². The molecule has 4 rings (SSSR count). The molecule has 0 unspecified atom stereocenters. The molecule has 3 aromatic rings. The number of Topliss-reactive ketones (excluding diaryl/α,β-unsaturated/α-hetero) is 1. The van der Waals surface area contributed by atoms with Crippen molar-refractivity contribution < 1.29 is 33.4 Å². The van der Waals surface area contributed by atoms with Crippen molar-refractivity contribution in [2.75, 3.05) is 38.9 Å². The number of thiazole rings is 1. The Balaban J connectivity index is 1.51. The maximum Gasteiger partial charge on any atom is 0.325 e. The molecule has 0 radical (unpaired) electrons. The highest BCUT2D eigenvalue weighted by Gasteiger charge is 2.47. The molecule has 1 aliphatic rings. The number of rotatable bonds is 14. The molecule has 2 heterocycles. The van der Waals surface area contributed by atoms with Gasteiger partial charge in [-0.3, -0.25) is 14.4 Å². The van der Waals surface area contributed by atoms with Crippen LogP contribution in [0.5, 0.6) is 5.75 Å². The molecule has 4 amide bonds. The van der Waals surface area contributed by atoms with Gasteiger partial charge in [0.05, 0.1) is 19.8 Å². The average Bonchev–Trinajstić information content (AvgIpc) is 3.56. The number of nitrogens with one attached hydrogen (secondary N) is 2. The second-order valence-electron chi connectivity index (χ2n) is 9.34. The van der Waals surface area contributed by atoms with Crippen molar-refractivity contribution in [3.63, 3.8) is 0 Å². The fourth-order valence-electron chi connectivity index (χ4n) is 4.38. The quantitative estimate of drug-likeness (QED) is 0.167. The zero-order chi connectivity index (χ0) is 29.4. The van der Waals surface area contributed by atoms with E-state index in [1.54, 1.807) is 43.7 Å². The van der Waals surface area contributed by atoms with Crippen LogP contribution < -0.4 is 15.4 Å². The fourth-order valence-corrected chi connectivity index (χ4v) is 5.13. The van der Waals surface area contributed by atoms with Crippen LogP contribution in [0, 0.1) is 0 Å². The largest absolute Gasteiger partial charge is 0.491 e. The number of imide groups is 1. The minimum absolute atomic E-state index is 0.203. The normalized spacial score (nSPS) is 16.3. The Kier molecular flexibility index (Phi) is 10.2. The summed E-state index contributed by atoms with van der Waals surface area (Å²) < 4.78 is 16.0. The summed E-state index contributed by atoms with van der Waals surface area (Å²) in [6, 6.07) is 13.1. The Labute approximate surface area is 241 Å². The summed E-state index contributed by atoms with van der Waals surface area (Å²) in [5, 5.41) is 7.15. The number of carbonyl (C=O) groups is 4. The minimum Gasteiger partial charge on any atom is -0.491 e. The molecule has 0 spiro atoms. The lowest BCUT2D eigenvalue weighted by atomic mass is 9.91. The van der Waals surface area contributed by atoms with Gasteiger partial charge in [0, 0.05) is 25.3 Å². The molecule has 0 bridgehead atoms. The first-order chi connectivity index (χ1) is 19.8. The van der Waals surface area contributed by atoms with E-state index in [0.29, 0.717) is 37.7 Å². The van der Waals surface area contributed by atoms with Gasteiger partial charge in [-0.15, -0.1) is 11.3 Å². The van der Waals surface area contributed by atoms with Gasteiger partial charge in [-0.2, -0.15) is 0 Å². The summed E-state index contributed by atoms with van der Waals surface area (Å²) in [6.45, 7) is 4.89. The molecule has 1 saturated heterocycles. The summed E-state index contributed by atoms with van der Waals surface area (Å²) in [5.41, 5.74) is 1.54. The molecular formula is C29H32N4O7S. The zero-order valence-electron chi connectivity index (χ0n) is 23.0. The van der Waals surface area contributed by atoms with Gasteiger partial charge in [0.15, 0.2) is 10.9 Å². The number of ether oxygens (including phenoxy) is 3. The highest BCUT2D eigenvalue weighted by Crippen LogP contribution is 2.32. The number of ketones is 1. The first-order valence-electron chi connectivity index (χ1n) is 13.1. The number of methoxy groups -OCH3 is 1. The average molecular weight is 581 g/mol. The number of nitrogens with zero attached hydrogens (tertiary/aromatic N) is 2. The first-order valence-corrected chi connectivity index (χ1v) is 13.9. The van der Waals surface area contributed by atoms with Crippen LogP contribution in [0.1, 0.15) is 47.4 Å². The molecule has 1 fully saturated rings. The molecule has 2 N–H and O–H groups in total. The van der Waals surface area contributed by atoms with Gasteiger partial charge in [-0.1, -0.05) is 49.4 Å². The number of anilines is 1. The standard InChI is InChI=1S/C29H32N4O7S/c1-18(20-7-5-4-6-8-20)25(26(35)32-28-30-23(17-41-28)19(2)34)33-27(36)24(31-29(33)37)21-9-11-22(12-10-21)40-16-15-39-14-13-38-3/h4-12,17-18,24-25H,13-16H2,1-3H3,(H,31,37)(H,30,32,35)/t18-,24+,25-/m0/s1. The number of benzene rings is 2. The van der Waals surface area contributed by atoms with Crippen molar-refractivity contribution >= 4 is 40.1 Å². The third-order valence-corrected chi connectivity index (χ3v) is 7.31. The van der Waals surface area contributed by atoms with Crippen molar-refractivity contribution in [3.8, 4) is 5.75 Å². The predicted octanol–water partition coefficient (Wildman–Crippen LogP) is 3.79. The molecule has 216 valence electrons. The van der Waals surface area contributed by atoms with Crippen LogP contribution in [0.25, 0.3) is 0 Å². The SMILES string of the molecule is COCCOCCOc1ccc([C@H]2NC(=O)N([C@H](C(=O)Nc3nc(C(C)=O)cs3)[C@@H](C)c3ccccc3)C2=O)cc1. The third kappa shape index (κ3) is 7.34. The van der Waals surface area contributed by atoms with E-state index in [4.69, 9.17) is 14.2 Å². The van der Waals surface area contributed by atoms with Crippen LogP contribution in [0.15, 0.2) is 60.0 Å². The lowest BCUT2D eigenvalue weighted by Gasteiger charge is -2.29. The molecule has 11 nitrogen and oxygen atoms in total. The summed E-state index contributed by atoms with van der Waals surface area (Å²) in [4.78, 5) is 57.3. The molecular weight excluding hydrogens is 548 g/mol. The van der Waals surface area contributed by atoms with Gasteiger partial charge in [0.2, 0.25) is 5.91 Å². The van der Waals surface area contributed by atoms with Crippen molar-refractivity contribution in [3.05, 3.63) is 76.8 Å². The highest BCUT2D eigenvalue weighted by molar-refractivity contribution is 7.14. The lowest BCUT2D eigenvalue weighted by Crippen LogP contribution is -2.50. The van der Waals surface area contributed by atoms with Crippen LogP contribution >= 0.6 is 11.3 Å². The lowest BCUT2D eigenvalue weighted by molar-refractivity contribution is -0.134. The monoisotopic (exact) mass is 580 g/mol. The molecule has 41 heavy (non-hydrogen) atoms. The van der Waals surface area contributed by atoms with Gasteiger partial charge in [-0.05, 0) is 23.3 Å². The maximum absolute atomic E-state index is 13.7. The van der Waals surface area contributed by atoms with Gasteiger partial charge in [0.1, 0.15) is 30.1 Å². The second kappa shape index (κ2) is 14.0. The summed E-state index contributed by atoms with van der Waals surface area (Å²) in [6.07, 6.45) is 0. The third-order valence-electron chi connectivity index (χ3n) is 6.55. The van der Waals surface area contributed by atoms with E-state index in [-0.39, 0.29) is 16.6 Å². The van der Waals surface area contributed by atoms with E-state index >= 15 is 0 Å². The summed E-state index contributed by atoms with van der Waals surface area (Å²) >= 11 is 1.09. The molecule has 2 aromatic carbocycles. The maximum atomic E-state index is 13.7. The molecule has 0 saturated carbocycles. The number of hydrogen-bond donors (Lipinski definition) is 2. The van der Waals surface area contributed by atoms with E-state index in [1.807, 2.05) is 30.3 Å². The Morgan fingerprint density at radius 3 is 2.41 bits per heavy atom. The van der Waals surface area contributed by atoms with Crippen molar-refractivity contribution in [1.29, 1.82) is 0 Å². The smallest absolute Gasteiger partial charge is 0.325 e. The van der Waals surface area contributed by atoms with Gasteiger partial charge >= 0.3 is 6.03 Å². The molecule has 3 atom stereocenters. The number of aromatic nitrogens is 1. The van der Waals surface area contributed by atoms with Crippen LogP contribution in [-0.2, 0) is 19.1 Å². The Bertz CT molecular complexity index is 1360. The second-order valence-corrected chi connectivity index (χ2v) is 10.2. The van der Waals surface area contributed by atoms with E-state index in [9.17, 15) is 19.2 Å². The van der Waals surface area contributed by atoms with Gasteiger partial charge in [-0.25, -0.2) is 14.7 Å². The van der Waals surface area contributed by atoms with E-state index < -0.39 is 35.8 Å². The van der Waals surface area contributed by atoms with E-state index in [0.717, 1.165) is 21.8 Å². The van der Waals surface area contributed by atoms with Crippen molar-refractivity contribution in [1.82, 2.24) is 15.2 Å². The number of amides is 4. The zero-order valence-corrected chi connectivity index (χ0v) is 23.8. The molecule has 0 aliphatic carbocycles. The van der Waals surface area contributed by atoms with E-state index in [1.165, 1.54) is 6.92 Å². The molecule has 12 heteroatoms. The van der Waals surface area contributed by atoms with Gasteiger partial charge in [0.25, 0.3) is 5.91 Å². The van der Waals surface area contributed by atoms with Crippen LogP contribution in [0.3, 0.4) is 0 Å². The Morgan fingerprint density at radius 1 is 1.05 bits per heavy atom. The Hall–Kier alpha value is -4.13. The minimum atomic E-state index is -1.18. The fraction of sp³-hybridized carbons (Fsp3) is 0.345. The number of carbonyl (C=O) groups excluding carboxylic acids is 4. The summed E-state index contributed by atoms with van der Waals surface area (Å²) in [5.74, 6) is -1.34. The highest BCUT2D eigenvalue weighted by atomic mass is 32.1. The van der Waals surface area contributed by atoms with Crippen LogP contribution in [0.4, 0.5) is 9.93 Å². The first kappa shape index (κ1) is 29.8. The number of hydrogen-bond acceptors (Lipinski definition) is 9. The predicted molar refractivity (Wildman–Crippen MR) is 152 cm³/mol. The number of urea groups is 1. The van der Waals surface area contributed by atoms with Crippen molar-refractivity contribution in [2.24, 2.45) is 0 Å². The Morgan fingerprint density at radius 2 is 1.76 bits per heavy atom. The van der Waals surface area contributed by atoms with Crippen molar-refractivity contribution in [2.45, 2.75) is 31.8 Å².